The minimum absolute atomic E-state index is 0.00562. The van der Waals surface area contributed by atoms with E-state index >= 15 is 0 Å². The lowest BCUT2D eigenvalue weighted by Gasteiger charge is -2.31. The molecule has 3 aliphatic rings. The molecule has 0 bridgehead atoms. The summed E-state index contributed by atoms with van der Waals surface area (Å²) in [5.41, 5.74) is -0.743. The average Bonchev–Trinajstić information content (AvgIpc) is 3.18. The normalized spacial score (nSPS) is 40.6. The van der Waals surface area contributed by atoms with Crippen LogP contribution in [0.15, 0.2) is 23.3 Å². The first-order chi connectivity index (χ1) is 11.9. The van der Waals surface area contributed by atoms with Gasteiger partial charge in [-0.25, -0.2) is 9.59 Å². The third-order valence-corrected chi connectivity index (χ3v) is 5.76. The minimum atomic E-state index is -2.05. The molecule has 3 N–H and O–H groups in total. The first kappa shape index (κ1) is 18.1. The summed E-state index contributed by atoms with van der Waals surface area (Å²) in [6, 6.07) is -0.00562. The standard InChI is InChI=1S/C18H25NO6/c1-3-12-8-11(2)18(23,10-20)17(22)24-9-13-4-6-19-7-5-14(15(13)19)25-16(12)21/h3-4,11,14-15,20,23H,5-10H2,1-2H3/p+1/b12-3-/t11-,14+,15+,18+/m1/s1. The minimum Gasteiger partial charge on any atom is -0.459 e. The van der Waals surface area contributed by atoms with Gasteiger partial charge in [-0.05, 0) is 19.4 Å². The Bertz CT molecular complexity index is 627. The number of hydrogen-bond donors (Lipinski definition) is 3. The summed E-state index contributed by atoms with van der Waals surface area (Å²) in [5.74, 6) is -1.96. The van der Waals surface area contributed by atoms with Crippen molar-refractivity contribution in [2.75, 3.05) is 26.3 Å². The first-order valence-electron chi connectivity index (χ1n) is 8.80. The fourth-order valence-electron chi connectivity index (χ4n) is 4.03. The van der Waals surface area contributed by atoms with Crippen molar-refractivity contribution in [2.24, 2.45) is 5.92 Å². The molecule has 0 aromatic rings. The maximum Gasteiger partial charge on any atom is 0.341 e. The molecular formula is C18H26NO6+. The zero-order valence-corrected chi connectivity index (χ0v) is 14.7. The molecule has 0 amide bonds. The van der Waals surface area contributed by atoms with Crippen LogP contribution in [-0.2, 0) is 19.1 Å². The van der Waals surface area contributed by atoms with Crippen molar-refractivity contribution >= 4 is 11.9 Å². The quantitative estimate of drug-likeness (QED) is 0.310. The Balaban J connectivity index is 1.93. The Labute approximate surface area is 146 Å². The number of ether oxygens (including phenoxy) is 2. The molecule has 7 heteroatoms. The zero-order valence-electron chi connectivity index (χ0n) is 14.7. The number of cyclic esters (lactones) is 1. The second-order valence-electron chi connectivity index (χ2n) is 7.18. The summed E-state index contributed by atoms with van der Waals surface area (Å²) in [7, 11) is 0. The smallest absolute Gasteiger partial charge is 0.341 e. The van der Waals surface area contributed by atoms with Gasteiger partial charge >= 0.3 is 11.9 Å². The van der Waals surface area contributed by atoms with E-state index in [1.165, 1.54) is 4.90 Å². The molecule has 2 fully saturated rings. The highest BCUT2D eigenvalue weighted by Gasteiger charge is 2.49. The predicted molar refractivity (Wildman–Crippen MR) is 87.6 cm³/mol. The van der Waals surface area contributed by atoms with Gasteiger partial charge in [-0.2, -0.15) is 0 Å². The van der Waals surface area contributed by atoms with Gasteiger partial charge in [0.05, 0.1) is 19.7 Å². The van der Waals surface area contributed by atoms with E-state index in [4.69, 9.17) is 9.47 Å². The largest absolute Gasteiger partial charge is 0.459 e. The first-order valence-corrected chi connectivity index (χ1v) is 8.80. The van der Waals surface area contributed by atoms with Crippen molar-refractivity contribution < 1.29 is 34.2 Å². The zero-order chi connectivity index (χ0) is 18.2. The molecule has 0 saturated carbocycles. The van der Waals surface area contributed by atoms with E-state index in [1.54, 1.807) is 19.9 Å². The van der Waals surface area contributed by atoms with E-state index in [9.17, 15) is 19.8 Å². The maximum absolute atomic E-state index is 12.6. The highest BCUT2D eigenvalue weighted by molar-refractivity contribution is 5.89. The van der Waals surface area contributed by atoms with E-state index in [2.05, 4.69) is 0 Å². The third kappa shape index (κ3) is 3.12. The molecule has 0 aromatic heterocycles. The Morgan fingerprint density at radius 1 is 1.44 bits per heavy atom. The Morgan fingerprint density at radius 3 is 2.88 bits per heavy atom. The Hall–Kier alpha value is -1.70. The topological polar surface area (TPSA) is 97.5 Å². The van der Waals surface area contributed by atoms with Gasteiger partial charge < -0.3 is 24.6 Å². The molecule has 0 aliphatic carbocycles. The lowest BCUT2D eigenvalue weighted by Crippen LogP contribution is -3.12. The number of esters is 2. The van der Waals surface area contributed by atoms with Gasteiger partial charge in [0, 0.05) is 23.5 Å². The van der Waals surface area contributed by atoms with Crippen molar-refractivity contribution in [1.82, 2.24) is 0 Å². The number of aliphatic hydroxyl groups is 2. The Morgan fingerprint density at radius 2 is 2.20 bits per heavy atom. The van der Waals surface area contributed by atoms with E-state index in [1.807, 2.05) is 6.08 Å². The van der Waals surface area contributed by atoms with Crippen molar-refractivity contribution in [1.29, 1.82) is 0 Å². The van der Waals surface area contributed by atoms with Crippen LogP contribution in [0.25, 0.3) is 0 Å². The second kappa shape index (κ2) is 6.90. The molecule has 5 atom stereocenters. The van der Waals surface area contributed by atoms with Gasteiger partial charge in [0.2, 0.25) is 0 Å². The van der Waals surface area contributed by atoms with E-state index in [0.29, 0.717) is 5.57 Å². The van der Waals surface area contributed by atoms with Gasteiger partial charge in [-0.15, -0.1) is 0 Å². The number of aliphatic hydroxyl groups excluding tert-OH is 1. The molecule has 138 valence electrons. The van der Waals surface area contributed by atoms with Crippen molar-refractivity contribution in [3.63, 3.8) is 0 Å². The number of nitrogens with one attached hydrogen (secondary N) is 1. The Kier molecular flexibility index (Phi) is 4.99. The number of hydrogen-bond acceptors (Lipinski definition) is 6. The van der Waals surface area contributed by atoms with Crippen LogP contribution in [0.4, 0.5) is 0 Å². The molecule has 0 radical (unpaired) electrons. The number of carbonyl (C=O) groups excluding carboxylic acids is 2. The molecule has 1 unspecified atom stereocenters. The molecular weight excluding hydrogens is 326 g/mol. The summed E-state index contributed by atoms with van der Waals surface area (Å²) in [4.78, 5) is 26.3. The molecule has 3 aliphatic heterocycles. The number of quaternary nitrogens is 1. The summed E-state index contributed by atoms with van der Waals surface area (Å²) in [6.45, 7) is 4.33. The van der Waals surface area contributed by atoms with Crippen molar-refractivity contribution in [3.05, 3.63) is 23.3 Å². The van der Waals surface area contributed by atoms with Crippen LogP contribution in [0.3, 0.4) is 0 Å². The number of carbonyl (C=O) groups is 2. The lowest BCUT2D eigenvalue weighted by atomic mass is 9.84. The van der Waals surface area contributed by atoms with Crippen molar-refractivity contribution in [3.8, 4) is 0 Å². The summed E-state index contributed by atoms with van der Waals surface area (Å²) in [5, 5.41) is 20.2. The van der Waals surface area contributed by atoms with Gasteiger partial charge in [-0.1, -0.05) is 13.0 Å². The maximum atomic E-state index is 12.6. The van der Waals surface area contributed by atoms with E-state index in [-0.39, 0.29) is 25.2 Å². The fourth-order valence-corrected chi connectivity index (χ4v) is 4.03. The van der Waals surface area contributed by atoms with Crippen LogP contribution in [0.5, 0.6) is 0 Å². The summed E-state index contributed by atoms with van der Waals surface area (Å²) in [6.07, 6.45) is 4.33. The van der Waals surface area contributed by atoms with E-state index < -0.39 is 30.1 Å². The molecule has 3 heterocycles. The molecule has 7 nitrogen and oxygen atoms in total. The van der Waals surface area contributed by atoms with Gasteiger partial charge in [-0.3, -0.25) is 0 Å². The average molecular weight is 352 g/mol. The molecule has 25 heavy (non-hydrogen) atoms. The molecule has 3 rings (SSSR count). The van der Waals surface area contributed by atoms with Crippen LogP contribution < -0.4 is 4.90 Å². The van der Waals surface area contributed by atoms with Crippen LogP contribution in [-0.4, -0.2) is 66.2 Å². The summed E-state index contributed by atoms with van der Waals surface area (Å²) < 4.78 is 11.1. The number of rotatable bonds is 1. The van der Waals surface area contributed by atoms with Crippen LogP contribution >= 0.6 is 0 Å². The predicted octanol–water partition coefficient (Wildman–Crippen LogP) is -1.25. The van der Waals surface area contributed by atoms with Crippen LogP contribution in [0.1, 0.15) is 26.7 Å². The van der Waals surface area contributed by atoms with Gasteiger partial charge in [0.25, 0.3) is 0 Å². The molecule has 0 spiro atoms. The SMILES string of the molecule is C/C=C1/C[C@@H](C)[C@@](O)(CO)C(=O)OCC2=CC[NH+]3CC[C@H](OC1=O)[C@H]23. The van der Waals surface area contributed by atoms with Crippen LogP contribution in [0, 0.1) is 5.92 Å². The monoisotopic (exact) mass is 352 g/mol. The highest BCUT2D eigenvalue weighted by atomic mass is 16.6. The lowest BCUT2D eigenvalue weighted by molar-refractivity contribution is -0.896. The summed E-state index contributed by atoms with van der Waals surface area (Å²) >= 11 is 0. The fraction of sp³-hybridized carbons (Fsp3) is 0.667. The van der Waals surface area contributed by atoms with Gasteiger partial charge in [0.15, 0.2) is 17.7 Å². The number of allylic oxidation sites excluding steroid dienone is 1. The molecule has 0 aromatic carbocycles. The molecule has 2 saturated heterocycles. The van der Waals surface area contributed by atoms with E-state index in [0.717, 1.165) is 25.1 Å². The second-order valence-corrected chi connectivity index (χ2v) is 7.18. The van der Waals surface area contributed by atoms with Crippen molar-refractivity contribution in [2.45, 2.75) is 44.4 Å². The van der Waals surface area contributed by atoms with Gasteiger partial charge in [0.1, 0.15) is 6.61 Å². The third-order valence-electron chi connectivity index (χ3n) is 5.76. The highest BCUT2D eigenvalue weighted by Crippen LogP contribution is 2.29. The van der Waals surface area contributed by atoms with Crippen LogP contribution in [0.2, 0.25) is 0 Å².